The number of Topliss-reactive ketones (excluding diaryl/α,β-unsaturated/α-hetero) is 1. The Morgan fingerprint density at radius 2 is 1.78 bits per heavy atom. The summed E-state index contributed by atoms with van der Waals surface area (Å²) in [5, 5.41) is 2.64. The summed E-state index contributed by atoms with van der Waals surface area (Å²) in [7, 11) is 0. The number of anilines is 1. The molecule has 0 spiro atoms. The molecule has 0 unspecified atom stereocenters. The van der Waals surface area contributed by atoms with E-state index in [4.69, 9.17) is 9.15 Å². The molecule has 1 aliphatic rings. The number of rotatable bonds is 7. The number of nitrogens with one attached hydrogen (secondary N) is 2. The lowest BCUT2D eigenvalue weighted by atomic mass is 10.2. The van der Waals surface area contributed by atoms with Crippen LogP contribution in [0.1, 0.15) is 54.6 Å². The van der Waals surface area contributed by atoms with Crippen LogP contribution in [0.4, 0.5) is 5.69 Å². The number of nitrogens with zero attached hydrogens (tertiary/aromatic N) is 1. The number of hydrogen-bond acceptors (Lipinski definition) is 6. The molecule has 0 bridgehead atoms. The summed E-state index contributed by atoms with van der Waals surface area (Å²) in [6, 6.07) is 10.7. The number of benzene rings is 1. The van der Waals surface area contributed by atoms with Gasteiger partial charge in [-0.05, 0) is 55.3 Å². The molecule has 0 saturated carbocycles. The van der Waals surface area contributed by atoms with Gasteiger partial charge in [0.25, 0.3) is 11.8 Å². The Morgan fingerprint density at radius 1 is 1.03 bits per heavy atom. The zero-order chi connectivity index (χ0) is 22.5. The van der Waals surface area contributed by atoms with Crippen LogP contribution in [0.2, 0.25) is 0 Å². The van der Waals surface area contributed by atoms with E-state index < -0.39 is 24.3 Å². The Labute approximate surface area is 183 Å². The summed E-state index contributed by atoms with van der Waals surface area (Å²) < 4.78 is 10.1. The number of aromatic nitrogens is 1. The molecule has 2 N–H and O–H groups in total. The van der Waals surface area contributed by atoms with Crippen LogP contribution in [0.25, 0.3) is 0 Å². The number of esters is 1. The monoisotopic (exact) mass is 435 g/mol. The van der Waals surface area contributed by atoms with E-state index in [1.54, 1.807) is 23.1 Å². The van der Waals surface area contributed by atoms with Crippen LogP contribution < -0.4 is 5.32 Å². The third-order valence-electron chi connectivity index (χ3n) is 5.09. The number of likely N-dealkylation sites (tertiary alicyclic amines) is 1. The standard InChI is InChI=1S/C23H21N3O6/c27-19(16-12-18(24-13-16)22(29)26-9-1-2-10-26)14-32-23(30)15-5-7-17(8-6-15)25-21(28)20-4-3-11-31-20/h3-8,11-13,24H,1-2,9-10,14H2,(H,25,28). The predicted molar refractivity (Wildman–Crippen MR) is 114 cm³/mol. The van der Waals surface area contributed by atoms with Crippen molar-refractivity contribution in [2.24, 2.45) is 0 Å². The summed E-state index contributed by atoms with van der Waals surface area (Å²) in [5.74, 6) is -1.48. The predicted octanol–water partition coefficient (Wildman–Crippen LogP) is 3.14. The van der Waals surface area contributed by atoms with Gasteiger partial charge in [0.15, 0.2) is 12.4 Å². The maximum atomic E-state index is 12.4. The summed E-state index contributed by atoms with van der Waals surface area (Å²) in [4.78, 5) is 53.5. The first-order valence-electron chi connectivity index (χ1n) is 10.1. The largest absolute Gasteiger partial charge is 0.459 e. The van der Waals surface area contributed by atoms with Gasteiger partial charge in [0.05, 0.1) is 11.8 Å². The molecule has 1 fully saturated rings. The number of carbonyl (C=O) groups excluding carboxylic acids is 4. The van der Waals surface area contributed by atoms with E-state index in [-0.39, 0.29) is 22.8 Å². The molecule has 9 heteroatoms. The number of aromatic amines is 1. The van der Waals surface area contributed by atoms with Crippen molar-refractivity contribution in [1.82, 2.24) is 9.88 Å². The molecule has 4 rings (SSSR count). The van der Waals surface area contributed by atoms with Crippen molar-refractivity contribution in [2.75, 3.05) is 25.0 Å². The summed E-state index contributed by atoms with van der Waals surface area (Å²) in [6.07, 6.45) is 4.79. The van der Waals surface area contributed by atoms with E-state index in [1.165, 1.54) is 36.7 Å². The van der Waals surface area contributed by atoms with Crippen molar-refractivity contribution in [3.05, 3.63) is 77.5 Å². The molecule has 2 amide bonds. The molecular formula is C23H21N3O6. The van der Waals surface area contributed by atoms with Gasteiger partial charge in [0.2, 0.25) is 5.78 Å². The van der Waals surface area contributed by atoms with Gasteiger partial charge in [-0.25, -0.2) is 4.79 Å². The molecule has 0 radical (unpaired) electrons. The highest BCUT2D eigenvalue weighted by Gasteiger charge is 2.22. The molecule has 0 atom stereocenters. The van der Waals surface area contributed by atoms with E-state index in [0.717, 1.165) is 12.8 Å². The number of carbonyl (C=O) groups is 4. The van der Waals surface area contributed by atoms with Gasteiger partial charge in [-0.3, -0.25) is 14.4 Å². The van der Waals surface area contributed by atoms with Crippen LogP contribution in [0.5, 0.6) is 0 Å². The second-order valence-electron chi connectivity index (χ2n) is 7.31. The van der Waals surface area contributed by atoms with E-state index in [1.807, 2.05) is 0 Å². The Morgan fingerprint density at radius 3 is 2.47 bits per heavy atom. The number of H-pyrrole nitrogens is 1. The van der Waals surface area contributed by atoms with Crippen LogP contribution in [0.3, 0.4) is 0 Å². The average Bonchev–Trinajstić information content (AvgIpc) is 3.59. The molecule has 32 heavy (non-hydrogen) atoms. The minimum absolute atomic E-state index is 0.141. The van der Waals surface area contributed by atoms with Crippen LogP contribution in [-0.4, -0.2) is 53.1 Å². The molecule has 9 nitrogen and oxygen atoms in total. The lowest BCUT2D eigenvalue weighted by Gasteiger charge is -2.13. The van der Waals surface area contributed by atoms with Crippen molar-refractivity contribution in [2.45, 2.75) is 12.8 Å². The third kappa shape index (κ3) is 4.77. The van der Waals surface area contributed by atoms with Crippen molar-refractivity contribution in [1.29, 1.82) is 0 Å². The van der Waals surface area contributed by atoms with Crippen LogP contribution in [-0.2, 0) is 4.74 Å². The highest BCUT2D eigenvalue weighted by Crippen LogP contribution is 2.15. The summed E-state index contributed by atoms with van der Waals surface area (Å²) >= 11 is 0. The maximum absolute atomic E-state index is 12.4. The zero-order valence-electron chi connectivity index (χ0n) is 17.1. The highest BCUT2D eigenvalue weighted by atomic mass is 16.5. The van der Waals surface area contributed by atoms with E-state index in [0.29, 0.717) is 24.5 Å². The normalized spacial score (nSPS) is 13.1. The van der Waals surface area contributed by atoms with E-state index in [9.17, 15) is 19.2 Å². The molecule has 1 aromatic carbocycles. The van der Waals surface area contributed by atoms with Crippen molar-refractivity contribution in [3.8, 4) is 0 Å². The molecule has 1 aliphatic heterocycles. The topological polar surface area (TPSA) is 122 Å². The first kappa shape index (κ1) is 21.1. The molecule has 164 valence electrons. The summed E-state index contributed by atoms with van der Waals surface area (Å²) in [6.45, 7) is 0.971. The fourth-order valence-electron chi connectivity index (χ4n) is 3.36. The maximum Gasteiger partial charge on any atom is 0.338 e. The van der Waals surface area contributed by atoms with Crippen molar-refractivity contribution in [3.63, 3.8) is 0 Å². The molecule has 2 aromatic heterocycles. The molecule has 1 saturated heterocycles. The Balaban J connectivity index is 1.29. The van der Waals surface area contributed by atoms with Gasteiger partial charge in [0, 0.05) is 30.5 Å². The van der Waals surface area contributed by atoms with Crippen LogP contribution in [0, 0.1) is 0 Å². The van der Waals surface area contributed by atoms with Gasteiger partial charge in [-0.15, -0.1) is 0 Å². The molecular weight excluding hydrogens is 414 g/mol. The lowest BCUT2D eigenvalue weighted by molar-refractivity contribution is 0.0474. The molecule has 3 aromatic rings. The molecule has 0 aliphatic carbocycles. The van der Waals surface area contributed by atoms with Gasteiger partial charge in [-0.1, -0.05) is 0 Å². The highest BCUT2D eigenvalue weighted by molar-refractivity contribution is 6.03. The van der Waals surface area contributed by atoms with Crippen LogP contribution in [0.15, 0.2) is 59.3 Å². The summed E-state index contributed by atoms with van der Waals surface area (Å²) in [5.41, 5.74) is 1.32. The minimum Gasteiger partial charge on any atom is -0.459 e. The van der Waals surface area contributed by atoms with Gasteiger partial charge in [-0.2, -0.15) is 0 Å². The number of ether oxygens (including phenoxy) is 1. The fraction of sp³-hybridized carbons (Fsp3) is 0.217. The first-order valence-corrected chi connectivity index (χ1v) is 10.1. The van der Waals surface area contributed by atoms with Crippen LogP contribution >= 0.6 is 0 Å². The number of furan rings is 1. The zero-order valence-corrected chi connectivity index (χ0v) is 17.1. The number of ketones is 1. The second kappa shape index (κ2) is 9.34. The number of amides is 2. The van der Waals surface area contributed by atoms with E-state index in [2.05, 4.69) is 10.3 Å². The van der Waals surface area contributed by atoms with Gasteiger partial charge in [0.1, 0.15) is 5.69 Å². The fourth-order valence-corrected chi connectivity index (χ4v) is 3.36. The Bertz CT molecular complexity index is 1120. The van der Waals surface area contributed by atoms with Crippen molar-refractivity contribution < 1.29 is 28.3 Å². The first-order chi connectivity index (χ1) is 15.5. The Kier molecular flexibility index (Phi) is 6.16. The average molecular weight is 435 g/mol. The smallest absolute Gasteiger partial charge is 0.338 e. The van der Waals surface area contributed by atoms with Gasteiger partial charge < -0.3 is 24.4 Å². The van der Waals surface area contributed by atoms with Crippen molar-refractivity contribution >= 4 is 29.3 Å². The van der Waals surface area contributed by atoms with E-state index >= 15 is 0 Å². The third-order valence-corrected chi connectivity index (χ3v) is 5.09. The molecule has 3 heterocycles. The van der Waals surface area contributed by atoms with Gasteiger partial charge >= 0.3 is 5.97 Å². The minimum atomic E-state index is -0.675. The quantitative estimate of drug-likeness (QED) is 0.434. The second-order valence-corrected chi connectivity index (χ2v) is 7.31. The Hall–Kier alpha value is -4.14. The lowest BCUT2D eigenvalue weighted by Crippen LogP contribution is -2.27. The SMILES string of the molecule is O=C(COC(=O)c1ccc(NC(=O)c2ccco2)cc1)c1c[nH]c(C(=O)N2CCCC2)c1. The number of hydrogen-bond donors (Lipinski definition) is 2.